The van der Waals surface area contributed by atoms with E-state index in [9.17, 15) is 0 Å². The van der Waals surface area contributed by atoms with Crippen LogP contribution in [0.2, 0.25) is 0 Å². The first-order valence-electron chi connectivity index (χ1n) is 5.26. The van der Waals surface area contributed by atoms with Crippen LogP contribution in [0.4, 0.5) is 0 Å². The number of allylic oxidation sites excluding steroid dienone is 2. The summed E-state index contributed by atoms with van der Waals surface area (Å²) in [5, 5.41) is 3.36. The second kappa shape index (κ2) is 3.46. The van der Waals surface area contributed by atoms with Crippen LogP contribution in [-0.4, -0.2) is 13.2 Å². The van der Waals surface area contributed by atoms with Crippen molar-refractivity contribution < 1.29 is 4.74 Å². The van der Waals surface area contributed by atoms with E-state index in [1.165, 1.54) is 16.8 Å². The molecule has 2 heterocycles. The standard InChI is InChI=1S/C13H13NO/c1-2-6-13-11(4-1)8-10-5-3-7-14-12(10)9-15-13/h1-6,14H,7-9H2. The minimum Gasteiger partial charge on any atom is -0.487 e. The molecule has 1 aromatic carbocycles. The average Bonchev–Trinajstić information content (AvgIpc) is 2.48. The zero-order valence-corrected chi connectivity index (χ0v) is 8.49. The summed E-state index contributed by atoms with van der Waals surface area (Å²) in [6, 6.07) is 8.26. The van der Waals surface area contributed by atoms with E-state index in [0.29, 0.717) is 6.61 Å². The van der Waals surface area contributed by atoms with E-state index in [0.717, 1.165) is 18.7 Å². The molecular formula is C13H13NO. The van der Waals surface area contributed by atoms with Crippen molar-refractivity contribution in [3.05, 3.63) is 53.3 Å². The van der Waals surface area contributed by atoms with Gasteiger partial charge >= 0.3 is 0 Å². The molecule has 3 rings (SSSR count). The molecule has 0 aromatic heterocycles. The van der Waals surface area contributed by atoms with Crippen molar-refractivity contribution in [2.24, 2.45) is 0 Å². The monoisotopic (exact) mass is 199 g/mol. The maximum Gasteiger partial charge on any atom is 0.128 e. The Morgan fingerprint density at radius 3 is 3.13 bits per heavy atom. The van der Waals surface area contributed by atoms with Gasteiger partial charge in [-0.15, -0.1) is 0 Å². The van der Waals surface area contributed by atoms with E-state index in [1.807, 2.05) is 12.1 Å². The lowest BCUT2D eigenvalue weighted by Crippen LogP contribution is -2.22. The third kappa shape index (κ3) is 1.52. The van der Waals surface area contributed by atoms with Crippen LogP contribution in [0.5, 0.6) is 5.75 Å². The van der Waals surface area contributed by atoms with E-state index < -0.39 is 0 Å². The van der Waals surface area contributed by atoms with Crippen molar-refractivity contribution in [1.29, 1.82) is 0 Å². The van der Waals surface area contributed by atoms with Crippen molar-refractivity contribution in [2.45, 2.75) is 6.42 Å². The Bertz CT molecular complexity index is 446. The first-order valence-corrected chi connectivity index (χ1v) is 5.26. The van der Waals surface area contributed by atoms with Crippen molar-refractivity contribution >= 4 is 0 Å². The van der Waals surface area contributed by atoms with Gasteiger partial charge < -0.3 is 10.1 Å². The first kappa shape index (κ1) is 8.60. The fourth-order valence-corrected chi connectivity index (χ4v) is 2.05. The molecule has 1 aromatic rings. The summed E-state index contributed by atoms with van der Waals surface area (Å²) >= 11 is 0. The van der Waals surface area contributed by atoms with Gasteiger partial charge in [-0.2, -0.15) is 0 Å². The highest BCUT2D eigenvalue weighted by molar-refractivity contribution is 5.43. The van der Waals surface area contributed by atoms with Crippen LogP contribution in [0.1, 0.15) is 5.56 Å². The van der Waals surface area contributed by atoms with Crippen LogP contribution >= 0.6 is 0 Å². The van der Waals surface area contributed by atoms with E-state index in [-0.39, 0.29) is 0 Å². The van der Waals surface area contributed by atoms with Crippen LogP contribution in [0, 0.1) is 0 Å². The predicted octanol–water partition coefficient (Wildman–Crippen LogP) is 2.03. The molecule has 0 radical (unpaired) electrons. The summed E-state index contributed by atoms with van der Waals surface area (Å²) < 4.78 is 5.76. The summed E-state index contributed by atoms with van der Waals surface area (Å²) in [6.07, 6.45) is 5.33. The quantitative estimate of drug-likeness (QED) is 0.690. The summed E-state index contributed by atoms with van der Waals surface area (Å²) in [5.41, 5.74) is 3.86. The molecular weight excluding hydrogens is 186 g/mol. The third-order valence-electron chi connectivity index (χ3n) is 2.87. The molecule has 2 aliphatic rings. The summed E-state index contributed by atoms with van der Waals surface area (Å²) in [6.45, 7) is 1.58. The zero-order valence-electron chi connectivity index (χ0n) is 8.49. The number of ether oxygens (including phenoxy) is 1. The Hall–Kier alpha value is -1.70. The van der Waals surface area contributed by atoms with Gasteiger partial charge in [-0.25, -0.2) is 0 Å². The van der Waals surface area contributed by atoms with Crippen molar-refractivity contribution in [3.63, 3.8) is 0 Å². The average molecular weight is 199 g/mol. The third-order valence-corrected chi connectivity index (χ3v) is 2.87. The lowest BCUT2D eigenvalue weighted by atomic mass is 10.0. The fraction of sp³-hybridized carbons (Fsp3) is 0.231. The number of hydrogen-bond donors (Lipinski definition) is 1. The van der Waals surface area contributed by atoms with Crippen molar-refractivity contribution in [1.82, 2.24) is 5.32 Å². The van der Waals surface area contributed by atoms with Crippen LogP contribution < -0.4 is 10.1 Å². The lowest BCUT2D eigenvalue weighted by Gasteiger charge is -2.14. The molecule has 0 amide bonds. The second-order valence-corrected chi connectivity index (χ2v) is 3.86. The molecule has 0 saturated carbocycles. The number of para-hydroxylation sites is 1. The van der Waals surface area contributed by atoms with Gasteiger partial charge in [0.1, 0.15) is 12.4 Å². The van der Waals surface area contributed by atoms with Gasteiger partial charge in [-0.1, -0.05) is 30.4 Å². The van der Waals surface area contributed by atoms with Crippen molar-refractivity contribution in [3.8, 4) is 5.75 Å². The minimum absolute atomic E-state index is 0.663. The molecule has 2 nitrogen and oxygen atoms in total. The van der Waals surface area contributed by atoms with Crippen LogP contribution in [0.3, 0.4) is 0 Å². The molecule has 0 saturated heterocycles. The molecule has 2 heteroatoms. The van der Waals surface area contributed by atoms with Gasteiger partial charge in [0.15, 0.2) is 0 Å². The van der Waals surface area contributed by atoms with Crippen LogP contribution in [0.15, 0.2) is 47.7 Å². The number of nitrogens with one attached hydrogen (secondary N) is 1. The molecule has 0 bridgehead atoms. The molecule has 15 heavy (non-hydrogen) atoms. The first-order chi connectivity index (χ1) is 7.43. The number of hydrogen-bond acceptors (Lipinski definition) is 2. The second-order valence-electron chi connectivity index (χ2n) is 3.86. The van der Waals surface area contributed by atoms with Gasteiger partial charge in [-0.05, 0) is 17.2 Å². The maximum absolute atomic E-state index is 5.76. The van der Waals surface area contributed by atoms with E-state index in [1.54, 1.807) is 0 Å². The van der Waals surface area contributed by atoms with E-state index >= 15 is 0 Å². The number of rotatable bonds is 0. The predicted molar refractivity (Wildman–Crippen MR) is 59.8 cm³/mol. The van der Waals surface area contributed by atoms with Crippen LogP contribution in [0.25, 0.3) is 0 Å². The SMILES string of the molecule is C1=CC2=C(COc3ccccc3C2)NC1. The maximum atomic E-state index is 5.76. The number of dihydropyridines is 1. The number of benzene rings is 1. The molecule has 0 unspecified atom stereocenters. The molecule has 0 spiro atoms. The molecule has 2 aliphatic heterocycles. The largest absolute Gasteiger partial charge is 0.487 e. The Balaban J connectivity index is 2.01. The highest BCUT2D eigenvalue weighted by Gasteiger charge is 2.15. The topological polar surface area (TPSA) is 21.3 Å². The van der Waals surface area contributed by atoms with Gasteiger partial charge in [0.2, 0.25) is 0 Å². The smallest absolute Gasteiger partial charge is 0.128 e. The van der Waals surface area contributed by atoms with Crippen LogP contribution in [-0.2, 0) is 6.42 Å². The lowest BCUT2D eigenvalue weighted by molar-refractivity contribution is 0.343. The summed E-state index contributed by atoms with van der Waals surface area (Å²) in [7, 11) is 0. The highest BCUT2D eigenvalue weighted by atomic mass is 16.5. The van der Waals surface area contributed by atoms with Gasteiger partial charge in [-0.3, -0.25) is 0 Å². The minimum atomic E-state index is 0.663. The molecule has 0 atom stereocenters. The Morgan fingerprint density at radius 1 is 1.20 bits per heavy atom. The molecule has 0 aliphatic carbocycles. The highest BCUT2D eigenvalue weighted by Crippen LogP contribution is 2.27. The molecule has 1 N–H and O–H groups in total. The fourth-order valence-electron chi connectivity index (χ4n) is 2.05. The van der Waals surface area contributed by atoms with E-state index in [4.69, 9.17) is 4.74 Å². The summed E-state index contributed by atoms with van der Waals surface area (Å²) in [4.78, 5) is 0. The van der Waals surface area contributed by atoms with Gasteiger partial charge in [0.25, 0.3) is 0 Å². The molecule has 76 valence electrons. The Labute approximate surface area is 89.3 Å². The number of fused-ring (bicyclic) bond motifs is 1. The van der Waals surface area contributed by atoms with Crippen molar-refractivity contribution in [2.75, 3.05) is 13.2 Å². The van der Waals surface area contributed by atoms with Gasteiger partial charge in [0, 0.05) is 13.0 Å². The Morgan fingerprint density at radius 2 is 2.13 bits per heavy atom. The summed E-state index contributed by atoms with van der Waals surface area (Å²) in [5.74, 6) is 1.02. The zero-order chi connectivity index (χ0) is 10.1. The van der Waals surface area contributed by atoms with E-state index in [2.05, 4.69) is 29.6 Å². The normalized spacial score (nSPS) is 18.4. The Kier molecular flexibility index (Phi) is 1.98. The van der Waals surface area contributed by atoms with Gasteiger partial charge in [0.05, 0.1) is 5.70 Å². The molecule has 0 fully saturated rings.